The molecule has 0 aromatic carbocycles. The van der Waals surface area contributed by atoms with Crippen molar-refractivity contribution in [3.05, 3.63) is 0 Å². The smallest absolute Gasteiger partial charge is 0.219 e. The maximum Gasteiger partial charge on any atom is 0.219 e. The van der Waals surface area contributed by atoms with E-state index >= 15 is 0 Å². The van der Waals surface area contributed by atoms with Gasteiger partial charge in [-0.15, -0.1) is 0 Å². The Balaban J connectivity index is 1.22. The number of carbonyl (C=O) groups excluding carboxylic acids is 1. The first-order valence-corrected chi connectivity index (χ1v) is 16.0. The van der Waals surface area contributed by atoms with E-state index in [1.807, 2.05) is 4.90 Å². The van der Waals surface area contributed by atoms with Gasteiger partial charge in [-0.1, -0.05) is 34.6 Å². The number of aliphatic hydroxyl groups is 2. The van der Waals surface area contributed by atoms with E-state index in [1.54, 1.807) is 14.0 Å². The van der Waals surface area contributed by atoms with Crippen LogP contribution < -0.4 is 0 Å². The highest BCUT2D eigenvalue weighted by Gasteiger charge is 2.83. The molecule has 1 aliphatic heterocycles. The molecule has 0 aromatic rings. The molecule has 6 nitrogen and oxygen atoms in total. The third-order valence-electron chi connectivity index (χ3n) is 14.8. The fourth-order valence-electron chi connectivity index (χ4n) is 12.3. The number of aliphatic hydroxyl groups excluding tert-OH is 2. The first-order chi connectivity index (χ1) is 18.3. The van der Waals surface area contributed by atoms with Gasteiger partial charge < -0.3 is 24.6 Å². The summed E-state index contributed by atoms with van der Waals surface area (Å²) >= 11 is 0. The molecule has 5 aliphatic carbocycles. The summed E-state index contributed by atoms with van der Waals surface area (Å²) in [6, 6.07) is 0.172. The van der Waals surface area contributed by atoms with E-state index in [0.717, 1.165) is 19.3 Å². The summed E-state index contributed by atoms with van der Waals surface area (Å²) in [4.78, 5) is 14.3. The molecule has 6 rings (SSSR count). The van der Waals surface area contributed by atoms with Crippen molar-refractivity contribution in [3.8, 4) is 0 Å². The van der Waals surface area contributed by atoms with E-state index in [1.165, 1.54) is 38.5 Å². The highest BCUT2D eigenvalue weighted by atomic mass is 16.5. The Bertz CT molecular complexity index is 981. The van der Waals surface area contributed by atoms with Gasteiger partial charge in [0.05, 0.1) is 37.6 Å². The third-order valence-corrected chi connectivity index (χ3v) is 14.8. The minimum absolute atomic E-state index is 0.00571. The number of rotatable bonds is 7. The second-order valence-electron chi connectivity index (χ2n) is 16.0. The Hall–Kier alpha value is -0.690. The fraction of sp³-hybridized carbons (Fsp3) is 0.970. The highest BCUT2D eigenvalue weighted by molar-refractivity contribution is 5.73. The molecule has 0 bridgehead atoms. The first-order valence-electron chi connectivity index (χ1n) is 16.0. The molecule has 0 aromatic heterocycles. The predicted octanol–water partition coefficient (Wildman–Crippen LogP) is 5.05. The van der Waals surface area contributed by atoms with Crippen LogP contribution in [-0.4, -0.2) is 72.2 Å². The number of hydrogen-bond acceptors (Lipinski definition) is 5. The summed E-state index contributed by atoms with van der Waals surface area (Å²) in [7, 11) is 1.78. The Kier molecular flexibility index (Phi) is 6.67. The van der Waals surface area contributed by atoms with Crippen LogP contribution in [-0.2, 0) is 14.3 Å². The lowest BCUT2D eigenvalue weighted by molar-refractivity contribution is -0.182. The zero-order chi connectivity index (χ0) is 28.2. The molecular weight excluding hydrogens is 490 g/mol. The van der Waals surface area contributed by atoms with Crippen LogP contribution in [0.4, 0.5) is 0 Å². The van der Waals surface area contributed by atoms with Gasteiger partial charge in [0.15, 0.2) is 0 Å². The molecule has 1 amide bonds. The van der Waals surface area contributed by atoms with Crippen LogP contribution in [0.25, 0.3) is 0 Å². The van der Waals surface area contributed by atoms with Gasteiger partial charge in [-0.25, -0.2) is 0 Å². The fourth-order valence-corrected chi connectivity index (χ4v) is 12.3. The Morgan fingerprint density at radius 1 is 1.00 bits per heavy atom. The monoisotopic (exact) mass is 545 g/mol. The van der Waals surface area contributed by atoms with Crippen LogP contribution in [0.15, 0.2) is 0 Å². The molecule has 1 saturated heterocycles. The summed E-state index contributed by atoms with van der Waals surface area (Å²) in [5.74, 6) is 2.13. The summed E-state index contributed by atoms with van der Waals surface area (Å²) < 4.78 is 11.3. The normalized spacial score (nSPS) is 49.5. The summed E-state index contributed by atoms with van der Waals surface area (Å²) in [5, 5.41) is 22.9. The molecule has 0 radical (unpaired) electrons. The Labute approximate surface area is 236 Å². The lowest BCUT2D eigenvalue weighted by Gasteiger charge is -2.63. The maximum atomic E-state index is 12.4. The van der Waals surface area contributed by atoms with E-state index in [2.05, 4.69) is 34.6 Å². The van der Waals surface area contributed by atoms with Crippen molar-refractivity contribution >= 4 is 5.91 Å². The Morgan fingerprint density at radius 2 is 1.67 bits per heavy atom. The molecule has 1 heterocycles. The molecule has 6 heteroatoms. The number of ether oxygens (including phenoxy) is 2. The number of carbonyl (C=O) groups is 1. The minimum atomic E-state index is -0.268. The zero-order valence-electron chi connectivity index (χ0n) is 25.7. The quantitative estimate of drug-likeness (QED) is 0.468. The minimum Gasteiger partial charge on any atom is -0.393 e. The van der Waals surface area contributed by atoms with Crippen LogP contribution in [0.5, 0.6) is 0 Å². The van der Waals surface area contributed by atoms with Crippen LogP contribution in [0.3, 0.4) is 0 Å². The second kappa shape index (κ2) is 9.15. The predicted molar refractivity (Wildman–Crippen MR) is 151 cm³/mol. The lowest BCUT2D eigenvalue weighted by atomic mass is 9.41. The lowest BCUT2D eigenvalue weighted by Crippen LogP contribution is -2.59. The molecule has 2 spiro atoms. The summed E-state index contributed by atoms with van der Waals surface area (Å²) in [5.41, 5.74) is 0.768. The van der Waals surface area contributed by atoms with Gasteiger partial charge in [0.1, 0.15) is 0 Å². The first kappa shape index (κ1) is 28.4. The third kappa shape index (κ3) is 3.62. The Morgan fingerprint density at radius 3 is 2.28 bits per heavy atom. The van der Waals surface area contributed by atoms with Gasteiger partial charge in [0, 0.05) is 26.0 Å². The number of hydrogen-bond donors (Lipinski definition) is 2. The van der Waals surface area contributed by atoms with Crippen molar-refractivity contribution in [2.24, 2.45) is 50.7 Å². The van der Waals surface area contributed by atoms with E-state index in [0.29, 0.717) is 54.3 Å². The molecule has 222 valence electrons. The van der Waals surface area contributed by atoms with Gasteiger partial charge in [0.25, 0.3) is 0 Å². The number of fused-ring (bicyclic) bond motifs is 2. The zero-order valence-corrected chi connectivity index (χ0v) is 25.7. The molecular formula is C33H55NO5. The molecule has 2 N–H and O–H groups in total. The second-order valence-corrected chi connectivity index (χ2v) is 16.0. The molecule has 6 unspecified atom stereocenters. The van der Waals surface area contributed by atoms with Crippen molar-refractivity contribution in [1.29, 1.82) is 0 Å². The number of methoxy groups -OCH3 is 1. The van der Waals surface area contributed by atoms with Crippen LogP contribution >= 0.6 is 0 Å². The van der Waals surface area contributed by atoms with Gasteiger partial charge in [-0.2, -0.15) is 0 Å². The van der Waals surface area contributed by atoms with E-state index in [4.69, 9.17) is 9.47 Å². The largest absolute Gasteiger partial charge is 0.393 e. The highest BCUT2D eigenvalue weighted by Crippen LogP contribution is 2.89. The maximum absolute atomic E-state index is 12.4. The van der Waals surface area contributed by atoms with Crippen molar-refractivity contribution in [2.75, 3.05) is 26.9 Å². The summed E-state index contributed by atoms with van der Waals surface area (Å²) in [6.07, 6.45) is 9.65. The van der Waals surface area contributed by atoms with Gasteiger partial charge in [-0.05, 0) is 103 Å². The molecule has 6 fully saturated rings. The van der Waals surface area contributed by atoms with Crippen molar-refractivity contribution in [2.45, 2.75) is 124 Å². The van der Waals surface area contributed by atoms with Crippen LogP contribution in [0.2, 0.25) is 0 Å². The van der Waals surface area contributed by atoms with Gasteiger partial charge in [-0.3, -0.25) is 4.79 Å². The van der Waals surface area contributed by atoms with Gasteiger partial charge in [0.2, 0.25) is 5.91 Å². The topological polar surface area (TPSA) is 79.2 Å². The average Bonchev–Trinajstić information content (AvgIpc) is 3.47. The standard InChI is InChI=1S/C33H55NO5/c1-20(14-23(38-7)16-34(21(2)35)22-17-39-18-22)24-15-28(37)31(6)26-9-8-25-29(3,4)27(36)10-11-32(25)19-33(26,32)13-12-30(24,31)5/h20,22-28,36-37H,8-19H2,1-7H3/t20-,23?,24-,25+,26?,27?,28+,30?,31-,32?,33?/m1/s1. The molecule has 39 heavy (non-hydrogen) atoms. The van der Waals surface area contributed by atoms with Gasteiger partial charge >= 0.3 is 0 Å². The molecule has 5 saturated carbocycles. The molecule has 11 atom stereocenters. The molecule has 6 aliphatic rings. The van der Waals surface area contributed by atoms with Crippen molar-refractivity contribution in [3.63, 3.8) is 0 Å². The number of amides is 1. The van der Waals surface area contributed by atoms with Crippen molar-refractivity contribution < 1.29 is 24.5 Å². The van der Waals surface area contributed by atoms with E-state index in [9.17, 15) is 15.0 Å². The SMILES string of the molecule is COC(C[C@@H](C)[C@H]1C[C@H](O)[C@@]2(C)C3CC[C@H]4C(C)(C)C(O)CCC45CC35CCC12C)CN(C(C)=O)C1COC1. The average molecular weight is 546 g/mol. The summed E-state index contributed by atoms with van der Waals surface area (Å²) in [6.45, 7) is 15.5. The van der Waals surface area contributed by atoms with E-state index < -0.39 is 0 Å². The number of nitrogens with zero attached hydrogens (tertiary/aromatic N) is 1. The van der Waals surface area contributed by atoms with Crippen LogP contribution in [0, 0.1) is 50.7 Å². The van der Waals surface area contributed by atoms with E-state index in [-0.39, 0.29) is 46.5 Å². The van der Waals surface area contributed by atoms with Crippen LogP contribution in [0.1, 0.15) is 99.3 Å². The van der Waals surface area contributed by atoms with Crippen molar-refractivity contribution in [1.82, 2.24) is 4.90 Å².